The molecule has 2 heterocycles. The van der Waals surface area contributed by atoms with Crippen LogP contribution in [0.15, 0.2) is 11.1 Å². The minimum atomic E-state index is -2.35. The Morgan fingerprint density at radius 3 is 2.83 bits per heavy atom. The molecule has 0 amide bonds. The van der Waals surface area contributed by atoms with Gasteiger partial charge in [0, 0.05) is 17.9 Å². The van der Waals surface area contributed by atoms with E-state index >= 15 is 0 Å². The van der Waals surface area contributed by atoms with Gasteiger partial charge in [0.05, 0.1) is 0 Å². The van der Waals surface area contributed by atoms with Crippen LogP contribution in [0.1, 0.15) is 23.7 Å². The van der Waals surface area contributed by atoms with Crippen molar-refractivity contribution in [3.8, 4) is 6.07 Å². The lowest BCUT2D eigenvalue weighted by atomic mass is 9.96. The van der Waals surface area contributed by atoms with Crippen LogP contribution in [0.4, 0.5) is 4.39 Å². The second-order valence-electron chi connectivity index (χ2n) is 4.24. The van der Waals surface area contributed by atoms with Crippen molar-refractivity contribution >= 4 is 11.8 Å². The number of aryl methyl sites for hydroxylation is 2. The minimum Gasteiger partial charge on any atom is -0.351 e. The number of hydrogen-bond donors (Lipinski definition) is 1. The first-order valence-corrected chi connectivity index (χ1v) is 6.40. The van der Waals surface area contributed by atoms with E-state index in [-0.39, 0.29) is 6.61 Å². The van der Waals surface area contributed by atoms with Gasteiger partial charge in [-0.25, -0.2) is 9.37 Å². The van der Waals surface area contributed by atoms with Crippen LogP contribution in [-0.4, -0.2) is 16.6 Å². The summed E-state index contributed by atoms with van der Waals surface area (Å²) < 4.78 is 20.1. The van der Waals surface area contributed by atoms with Gasteiger partial charge in [-0.05, 0) is 44.2 Å². The van der Waals surface area contributed by atoms with E-state index in [0.29, 0.717) is 10.6 Å². The monoisotopic (exact) mass is 267 g/mol. The molecule has 1 aromatic rings. The number of rotatable bonds is 2. The number of nitriles is 1. The molecule has 1 aliphatic heterocycles. The topological polar surface area (TPSA) is 71.9 Å². The summed E-state index contributed by atoms with van der Waals surface area (Å²) in [5.74, 6) is 0. The third-order valence-corrected chi connectivity index (χ3v) is 4.08. The average molecular weight is 267 g/mol. The molecule has 0 spiro atoms. The molecule has 18 heavy (non-hydrogen) atoms. The molecule has 0 bridgehead atoms. The van der Waals surface area contributed by atoms with Crippen LogP contribution >= 0.6 is 11.8 Å². The summed E-state index contributed by atoms with van der Waals surface area (Å²) in [5.41, 5.74) is 6.31. The normalized spacial score (nSPS) is 30.0. The number of hydrogen-bond acceptors (Lipinski definition) is 5. The fourth-order valence-corrected chi connectivity index (χ4v) is 3.43. The lowest BCUT2D eigenvalue weighted by Crippen LogP contribution is -2.52. The van der Waals surface area contributed by atoms with Gasteiger partial charge < -0.3 is 4.74 Å². The van der Waals surface area contributed by atoms with Crippen LogP contribution in [0.25, 0.3) is 0 Å². The van der Waals surface area contributed by atoms with E-state index in [4.69, 9.17) is 15.7 Å². The summed E-state index contributed by atoms with van der Waals surface area (Å²) in [7, 11) is 0. The van der Waals surface area contributed by atoms with Crippen molar-refractivity contribution in [2.45, 2.75) is 36.5 Å². The largest absolute Gasteiger partial charge is 0.351 e. The highest BCUT2D eigenvalue weighted by atomic mass is 32.2. The van der Waals surface area contributed by atoms with Crippen LogP contribution in [0, 0.1) is 25.2 Å². The zero-order valence-electron chi connectivity index (χ0n) is 10.5. The molecule has 0 saturated carbocycles. The predicted octanol–water partition coefficient (Wildman–Crippen LogP) is 2.14. The third kappa shape index (κ3) is 1.62. The molecule has 2 atom stereocenters. The number of aromatic nitrogens is 1. The third-order valence-electron chi connectivity index (χ3n) is 2.91. The van der Waals surface area contributed by atoms with Crippen LogP contribution in [-0.2, 0) is 10.5 Å². The number of nitrogens with zero attached hydrogens (tertiary/aromatic N) is 2. The Kier molecular flexibility index (Phi) is 3.09. The summed E-state index contributed by atoms with van der Waals surface area (Å²) in [4.78, 5) is 4.25. The maximum absolute atomic E-state index is 14.7. The molecule has 0 aromatic carbocycles. The number of ether oxygens (including phenoxy) is 1. The maximum Gasteiger partial charge on any atom is 0.293 e. The van der Waals surface area contributed by atoms with Crippen LogP contribution < -0.4 is 5.73 Å². The molecule has 2 rings (SSSR count). The Balaban J connectivity index is 2.69. The molecule has 0 fully saturated rings. The second-order valence-corrected chi connectivity index (χ2v) is 5.39. The van der Waals surface area contributed by atoms with E-state index in [1.165, 1.54) is 0 Å². The molecule has 4 nitrogen and oxygen atoms in total. The lowest BCUT2D eigenvalue weighted by Gasteiger charge is -2.31. The number of fused-ring (bicyclic) bond motifs is 1. The molecule has 1 aliphatic rings. The van der Waals surface area contributed by atoms with E-state index < -0.39 is 10.7 Å². The highest BCUT2D eigenvalue weighted by Crippen LogP contribution is 2.55. The zero-order chi connectivity index (χ0) is 13.6. The van der Waals surface area contributed by atoms with Gasteiger partial charge in [0.2, 0.25) is 5.72 Å². The van der Waals surface area contributed by atoms with E-state index in [0.717, 1.165) is 23.0 Å². The number of pyridine rings is 1. The van der Waals surface area contributed by atoms with Crippen molar-refractivity contribution in [1.29, 1.82) is 5.26 Å². The van der Waals surface area contributed by atoms with Gasteiger partial charge in [-0.3, -0.25) is 5.73 Å². The van der Waals surface area contributed by atoms with E-state index in [2.05, 4.69) is 4.98 Å². The van der Waals surface area contributed by atoms with Gasteiger partial charge in [-0.1, -0.05) is 0 Å². The number of nitrogens with two attached hydrogens (primary N) is 1. The fourth-order valence-electron chi connectivity index (χ4n) is 2.20. The number of alkyl halides is 1. The molecule has 6 heteroatoms. The van der Waals surface area contributed by atoms with E-state index in [9.17, 15) is 4.39 Å². The van der Waals surface area contributed by atoms with Crippen LogP contribution in [0.3, 0.4) is 0 Å². The summed E-state index contributed by atoms with van der Waals surface area (Å²) in [6, 6.07) is 3.42. The van der Waals surface area contributed by atoms with Gasteiger partial charge in [-0.2, -0.15) is 5.26 Å². The lowest BCUT2D eigenvalue weighted by molar-refractivity contribution is -0.0884. The first-order chi connectivity index (χ1) is 8.38. The van der Waals surface area contributed by atoms with Crippen molar-refractivity contribution in [1.82, 2.24) is 4.98 Å². The van der Waals surface area contributed by atoms with Gasteiger partial charge in [0.25, 0.3) is 5.00 Å². The molecule has 0 unspecified atom stereocenters. The highest BCUT2D eigenvalue weighted by Gasteiger charge is 2.61. The first kappa shape index (κ1) is 13.3. The van der Waals surface area contributed by atoms with Gasteiger partial charge in [0.15, 0.2) is 0 Å². The molecule has 0 saturated heterocycles. The van der Waals surface area contributed by atoms with Crippen LogP contribution in [0.5, 0.6) is 0 Å². The highest BCUT2D eigenvalue weighted by molar-refractivity contribution is 8.01. The number of thioether (sulfide) groups is 1. The van der Waals surface area contributed by atoms with Gasteiger partial charge >= 0.3 is 0 Å². The Morgan fingerprint density at radius 1 is 1.61 bits per heavy atom. The van der Waals surface area contributed by atoms with E-state index in [1.807, 2.05) is 19.9 Å². The standard InChI is InChI=1S/C12H14FN3OS/c1-4-17-12(15)9-7(2)5-8(3)16-10(9)18-11(12,13)6-14/h5H,4,15H2,1-3H3/t11-,12-/m0/s1. The summed E-state index contributed by atoms with van der Waals surface area (Å²) >= 11 is 0.725. The molecule has 96 valence electrons. The Hall–Kier alpha value is -1.16. The van der Waals surface area contributed by atoms with Crippen molar-refractivity contribution in [3.05, 3.63) is 22.9 Å². The van der Waals surface area contributed by atoms with Gasteiger partial charge in [0.1, 0.15) is 11.1 Å². The van der Waals surface area contributed by atoms with Crippen molar-refractivity contribution in [2.75, 3.05) is 6.61 Å². The van der Waals surface area contributed by atoms with Crippen LogP contribution in [0.2, 0.25) is 0 Å². The molecular formula is C12H14FN3OS. The number of halogens is 1. The van der Waals surface area contributed by atoms with Crippen molar-refractivity contribution in [2.24, 2.45) is 5.73 Å². The van der Waals surface area contributed by atoms with Gasteiger partial charge in [-0.15, -0.1) is 0 Å². The molecule has 2 N–H and O–H groups in total. The maximum atomic E-state index is 14.7. The molecular weight excluding hydrogens is 253 g/mol. The summed E-state index contributed by atoms with van der Waals surface area (Å²) in [5, 5.41) is 7.17. The second kappa shape index (κ2) is 4.19. The average Bonchev–Trinajstić information content (AvgIpc) is 2.48. The summed E-state index contributed by atoms with van der Waals surface area (Å²) in [6.07, 6.45) is 0. The first-order valence-electron chi connectivity index (χ1n) is 5.58. The minimum absolute atomic E-state index is 0.219. The van der Waals surface area contributed by atoms with E-state index in [1.54, 1.807) is 13.0 Å². The Labute approximate surface area is 109 Å². The SMILES string of the molecule is CCO[C@@]1(N)c2c(C)cc(C)nc2S[C@@]1(F)C#N. The zero-order valence-corrected chi connectivity index (χ0v) is 11.3. The predicted molar refractivity (Wildman–Crippen MR) is 66.5 cm³/mol. The van der Waals surface area contributed by atoms with Crippen molar-refractivity contribution < 1.29 is 9.13 Å². The smallest absolute Gasteiger partial charge is 0.293 e. The molecule has 0 aliphatic carbocycles. The summed E-state index contributed by atoms with van der Waals surface area (Å²) in [6.45, 7) is 5.57. The Morgan fingerprint density at radius 2 is 2.28 bits per heavy atom. The Bertz CT molecular complexity index is 545. The quantitative estimate of drug-likeness (QED) is 0.831. The molecule has 1 aromatic heterocycles. The molecule has 0 radical (unpaired) electrons. The fraction of sp³-hybridized carbons (Fsp3) is 0.500. The van der Waals surface area contributed by atoms with Crippen molar-refractivity contribution in [3.63, 3.8) is 0 Å².